The van der Waals surface area contributed by atoms with Crippen molar-refractivity contribution < 1.29 is 9.53 Å². The van der Waals surface area contributed by atoms with Crippen LogP contribution in [0.4, 0.5) is 0 Å². The highest BCUT2D eigenvalue weighted by atomic mass is 79.9. The van der Waals surface area contributed by atoms with E-state index < -0.39 is 0 Å². The third-order valence-corrected chi connectivity index (χ3v) is 6.38. The first-order valence-electron chi connectivity index (χ1n) is 9.86. The van der Waals surface area contributed by atoms with E-state index in [0.717, 1.165) is 28.9 Å². The highest BCUT2D eigenvalue weighted by Crippen LogP contribution is 2.26. The van der Waals surface area contributed by atoms with Gasteiger partial charge in [-0.15, -0.1) is 0 Å². The van der Waals surface area contributed by atoms with Crippen molar-refractivity contribution in [1.82, 2.24) is 19.6 Å². The lowest BCUT2D eigenvalue weighted by atomic mass is 10.2. The van der Waals surface area contributed by atoms with Gasteiger partial charge in [0.1, 0.15) is 5.75 Å². The Balaban J connectivity index is 1.29. The Hall–Kier alpha value is -2.06. The Labute approximate surface area is 199 Å². The molecule has 0 radical (unpaired) electrons. The average molecular weight is 524 g/mol. The van der Waals surface area contributed by atoms with Crippen molar-refractivity contribution in [1.29, 1.82) is 0 Å². The van der Waals surface area contributed by atoms with E-state index in [1.807, 2.05) is 47.4 Å². The zero-order valence-electron chi connectivity index (χ0n) is 16.7. The molecular formula is C22H21BrCl2N4O2. The standard InChI is InChI=1S/C22H21BrCl2N4O2/c23-16-4-6-17(7-5-16)31-15-29-9-8-21(26-29)22(30)28-12-10-27(11-13-28)14-18-19(24)2-1-3-20(18)25/h1-9H,10-15H2. The molecule has 4 rings (SSSR count). The molecule has 0 spiro atoms. The van der Waals surface area contributed by atoms with Gasteiger partial charge in [-0.05, 0) is 42.5 Å². The SMILES string of the molecule is O=C(c1ccn(COc2ccc(Br)cc2)n1)N1CCN(Cc2c(Cl)cccc2Cl)CC1. The third-order valence-electron chi connectivity index (χ3n) is 5.14. The summed E-state index contributed by atoms with van der Waals surface area (Å²) in [5.41, 5.74) is 1.34. The van der Waals surface area contributed by atoms with Gasteiger partial charge in [-0.25, -0.2) is 4.68 Å². The third kappa shape index (κ3) is 5.60. The van der Waals surface area contributed by atoms with E-state index >= 15 is 0 Å². The predicted molar refractivity (Wildman–Crippen MR) is 125 cm³/mol. The van der Waals surface area contributed by atoms with Crippen LogP contribution in [0.2, 0.25) is 10.0 Å². The number of carbonyl (C=O) groups is 1. The number of ether oxygens (including phenoxy) is 1. The first-order valence-corrected chi connectivity index (χ1v) is 11.4. The van der Waals surface area contributed by atoms with Crippen LogP contribution in [0.25, 0.3) is 0 Å². The molecule has 0 bridgehead atoms. The summed E-state index contributed by atoms with van der Waals surface area (Å²) >= 11 is 16.0. The number of benzene rings is 2. The molecule has 0 unspecified atom stereocenters. The minimum atomic E-state index is -0.0715. The van der Waals surface area contributed by atoms with Crippen LogP contribution in [0.1, 0.15) is 16.1 Å². The van der Waals surface area contributed by atoms with E-state index in [1.54, 1.807) is 16.9 Å². The molecule has 1 aromatic heterocycles. The zero-order valence-corrected chi connectivity index (χ0v) is 19.8. The van der Waals surface area contributed by atoms with Gasteiger partial charge in [0, 0.05) is 59.0 Å². The van der Waals surface area contributed by atoms with E-state index in [-0.39, 0.29) is 12.6 Å². The van der Waals surface area contributed by atoms with E-state index in [2.05, 4.69) is 25.9 Å². The molecule has 6 nitrogen and oxygen atoms in total. The van der Waals surface area contributed by atoms with E-state index in [9.17, 15) is 4.79 Å². The number of aromatic nitrogens is 2. The Morgan fingerprint density at radius 1 is 1.00 bits per heavy atom. The summed E-state index contributed by atoms with van der Waals surface area (Å²) in [5, 5.41) is 5.71. The summed E-state index contributed by atoms with van der Waals surface area (Å²) in [6, 6.07) is 14.8. The second-order valence-corrected chi connectivity index (χ2v) is 8.97. The van der Waals surface area contributed by atoms with Crippen LogP contribution >= 0.6 is 39.1 Å². The van der Waals surface area contributed by atoms with Gasteiger partial charge < -0.3 is 9.64 Å². The lowest BCUT2D eigenvalue weighted by Crippen LogP contribution is -2.48. The highest BCUT2D eigenvalue weighted by molar-refractivity contribution is 9.10. The predicted octanol–water partition coefficient (Wildman–Crippen LogP) is 4.95. The van der Waals surface area contributed by atoms with Crippen molar-refractivity contribution in [2.75, 3.05) is 26.2 Å². The van der Waals surface area contributed by atoms with E-state index in [1.165, 1.54) is 0 Å². The van der Waals surface area contributed by atoms with Gasteiger partial charge in [0.2, 0.25) is 0 Å². The van der Waals surface area contributed by atoms with Gasteiger partial charge in [-0.1, -0.05) is 45.2 Å². The molecule has 1 aliphatic rings. The van der Waals surface area contributed by atoms with Crippen molar-refractivity contribution in [2.24, 2.45) is 0 Å². The number of nitrogens with zero attached hydrogens (tertiary/aromatic N) is 4. The Kier molecular flexibility index (Phi) is 7.17. The minimum absolute atomic E-state index is 0.0715. The van der Waals surface area contributed by atoms with Gasteiger partial charge in [-0.2, -0.15) is 5.10 Å². The number of piperazine rings is 1. The maximum atomic E-state index is 12.8. The van der Waals surface area contributed by atoms with Crippen molar-refractivity contribution in [3.05, 3.63) is 80.5 Å². The minimum Gasteiger partial charge on any atom is -0.471 e. The second-order valence-electron chi connectivity index (χ2n) is 7.24. The summed E-state index contributed by atoms with van der Waals surface area (Å²) in [4.78, 5) is 16.9. The summed E-state index contributed by atoms with van der Waals surface area (Å²) in [6.07, 6.45) is 1.75. The fourth-order valence-corrected chi connectivity index (χ4v) is 4.18. The summed E-state index contributed by atoms with van der Waals surface area (Å²) < 4.78 is 8.31. The molecule has 1 amide bonds. The Morgan fingerprint density at radius 3 is 2.35 bits per heavy atom. The molecule has 1 aliphatic heterocycles. The first kappa shape index (κ1) is 22.1. The van der Waals surface area contributed by atoms with Crippen LogP contribution in [0.15, 0.2) is 59.2 Å². The normalized spacial score (nSPS) is 14.6. The Morgan fingerprint density at radius 2 is 1.68 bits per heavy atom. The van der Waals surface area contributed by atoms with E-state index in [4.69, 9.17) is 27.9 Å². The van der Waals surface area contributed by atoms with Crippen LogP contribution in [-0.2, 0) is 13.3 Å². The van der Waals surface area contributed by atoms with Crippen LogP contribution in [-0.4, -0.2) is 51.7 Å². The summed E-state index contributed by atoms with van der Waals surface area (Å²) in [5.74, 6) is 0.666. The van der Waals surface area contributed by atoms with Gasteiger partial charge in [0.15, 0.2) is 12.4 Å². The van der Waals surface area contributed by atoms with E-state index in [0.29, 0.717) is 35.4 Å². The van der Waals surface area contributed by atoms with Gasteiger partial charge >= 0.3 is 0 Å². The van der Waals surface area contributed by atoms with Crippen molar-refractivity contribution >= 4 is 45.0 Å². The topological polar surface area (TPSA) is 50.6 Å². The number of rotatable bonds is 6. The molecule has 0 aliphatic carbocycles. The van der Waals surface area contributed by atoms with Crippen LogP contribution in [0.3, 0.4) is 0 Å². The van der Waals surface area contributed by atoms with Crippen LogP contribution < -0.4 is 4.74 Å². The molecule has 162 valence electrons. The number of carbonyl (C=O) groups excluding carboxylic acids is 1. The molecular weight excluding hydrogens is 503 g/mol. The quantitative estimate of drug-likeness (QED) is 0.459. The van der Waals surface area contributed by atoms with Crippen molar-refractivity contribution in [2.45, 2.75) is 13.3 Å². The molecule has 1 saturated heterocycles. The molecule has 9 heteroatoms. The molecule has 0 saturated carbocycles. The Bertz CT molecular complexity index is 1030. The monoisotopic (exact) mass is 522 g/mol. The molecule has 0 N–H and O–H groups in total. The van der Waals surface area contributed by atoms with Crippen LogP contribution in [0, 0.1) is 0 Å². The lowest BCUT2D eigenvalue weighted by Gasteiger charge is -2.34. The highest BCUT2D eigenvalue weighted by Gasteiger charge is 2.24. The number of hydrogen-bond acceptors (Lipinski definition) is 4. The molecule has 31 heavy (non-hydrogen) atoms. The lowest BCUT2D eigenvalue weighted by molar-refractivity contribution is 0.0621. The number of amides is 1. The summed E-state index contributed by atoms with van der Waals surface area (Å²) in [7, 11) is 0. The number of hydrogen-bond donors (Lipinski definition) is 0. The van der Waals surface area contributed by atoms with Crippen molar-refractivity contribution in [3.8, 4) is 5.75 Å². The molecule has 3 aromatic rings. The maximum Gasteiger partial charge on any atom is 0.274 e. The molecule has 2 heterocycles. The smallest absolute Gasteiger partial charge is 0.274 e. The van der Waals surface area contributed by atoms with Crippen LogP contribution in [0.5, 0.6) is 5.75 Å². The van der Waals surface area contributed by atoms with Gasteiger partial charge in [0.25, 0.3) is 5.91 Å². The second kappa shape index (κ2) is 10.0. The van der Waals surface area contributed by atoms with Gasteiger partial charge in [-0.3, -0.25) is 9.69 Å². The largest absolute Gasteiger partial charge is 0.471 e. The zero-order chi connectivity index (χ0) is 21.8. The molecule has 0 atom stereocenters. The summed E-state index contributed by atoms with van der Waals surface area (Å²) in [6.45, 7) is 3.66. The van der Waals surface area contributed by atoms with Gasteiger partial charge in [0.05, 0.1) is 0 Å². The average Bonchev–Trinajstić information content (AvgIpc) is 3.25. The first-order chi connectivity index (χ1) is 15.0. The maximum absolute atomic E-state index is 12.8. The molecule has 2 aromatic carbocycles. The van der Waals surface area contributed by atoms with Crippen molar-refractivity contribution in [3.63, 3.8) is 0 Å². The number of halogens is 3. The molecule has 1 fully saturated rings. The fraction of sp³-hybridized carbons (Fsp3) is 0.273. The fourth-order valence-electron chi connectivity index (χ4n) is 3.40.